The number of rotatable bonds is 1. The summed E-state index contributed by atoms with van der Waals surface area (Å²) in [6.07, 6.45) is 6.39. The summed E-state index contributed by atoms with van der Waals surface area (Å²) in [5.41, 5.74) is 3.26. The fourth-order valence-corrected chi connectivity index (χ4v) is 2.18. The van der Waals surface area contributed by atoms with E-state index in [0.29, 0.717) is 0 Å². The minimum absolute atomic E-state index is 0.883. The predicted molar refractivity (Wildman–Crippen MR) is 47.0 cm³/mol. The Bertz CT molecular complexity index is 181. The Hall–Kier alpha value is -0.460. The van der Waals surface area contributed by atoms with Crippen LogP contribution in [0.2, 0.25) is 0 Å². The molecule has 1 unspecified atom stereocenters. The fourth-order valence-electron chi connectivity index (χ4n) is 2.18. The Morgan fingerprint density at radius 1 is 1.45 bits per heavy atom. The van der Waals surface area contributed by atoms with Gasteiger partial charge in [-0.1, -0.05) is 13.3 Å². The average molecular weight is 150 g/mol. The van der Waals surface area contributed by atoms with Gasteiger partial charge in [0.2, 0.25) is 0 Å². The Labute approximate surface area is 68.9 Å². The van der Waals surface area contributed by atoms with Crippen LogP contribution in [0.15, 0.2) is 11.3 Å². The minimum atomic E-state index is 0.883. The molecule has 0 aromatic rings. The van der Waals surface area contributed by atoms with Gasteiger partial charge in [-0.15, -0.1) is 0 Å². The molecule has 1 heteroatoms. The van der Waals surface area contributed by atoms with Gasteiger partial charge in [-0.2, -0.15) is 0 Å². The van der Waals surface area contributed by atoms with Crippen molar-refractivity contribution in [1.82, 2.24) is 5.32 Å². The first-order chi connectivity index (χ1) is 5.40. The monoisotopic (exact) mass is 150 g/mol. The molecular formula is C10H16N. The van der Waals surface area contributed by atoms with Crippen molar-refractivity contribution in [2.45, 2.75) is 32.1 Å². The molecule has 1 aliphatic carbocycles. The maximum atomic E-state index is 3.98. The van der Waals surface area contributed by atoms with Gasteiger partial charge in [0.05, 0.1) is 0 Å². The van der Waals surface area contributed by atoms with Crippen LogP contribution in [-0.2, 0) is 0 Å². The predicted octanol–water partition coefficient (Wildman–Crippen LogP) is 2.26. The molecule has 0 bridgehead atoms. The summed E-state index contributed by atoms with van der Waals surface area (Å²) < 4.78 is 0. The van der Waals surface area contributed by atoms with Crippen molar-refractivity contribution in [2.24, 2.45) is 5.92 Å². The molecule has 1 nitrogen and oxygen atoms in total. The van der Waals surface area contributed by atoms with Crippen molar-refractivity contribution in [3.8, 4) is 0 Å². The Balaban J connectivity index is 2.05. The lowest BCUT2D eigenvalue weighted by Gasteiger charge is -2.21. The third kappa shape index (κ3) is 1.29. The molecule has 0 fully saturated rings. The van der Waals surface area contributed by atoms with Crippen molar-refractivity contribution >= 4 is 0 Å². The van der Waals surface area contributed by atoms with E-state index < -0.39 is 0 Å². The maximum Gasteiger partial charge on any atom is 0.0181 e. The summed E-state index contributed by atoms with van der Waals surface area (Å²) in [6.45, 7) is 5.17. The normalized spacial score (nSPS) is 30.1. The third-order valence-corrected chi connectivity index (χ3v) is 2.94. The van der Waals surface area contributed by atoms with Gasteiger partial charge in [-0.25, -0.2) is 0 Å². The van der Waals surface area contributed by atoms with Crippen molar-refractivity contribution in [1.29, 1.82) is 0 Å². The third-order valence-electron chi connectivity index (χ3n) is 2.94. The lowest BCUT2D eigenvalue weighted by Crippen LogP contribution is -2.13. The van der Waals surface area contributed by atoms with Crippen LogP contribution in [0.5, 0.6) is 0 Å². The zero-order valence-electron chi connectivity index (χ0n) is 7.03. The first-order valence-electron chi connectivity index (χ1n) is 4.64. The van der Waals surface area contributed by atoms with Crippen LogP contribution < -0.4 is 5.32 Å². The second-order valence-electron chi connectivity index (χ2n) is 3.66. The summed E-state index contributed by atoms with van der Waals surface area (Å²) in [5.74, 6) is 0.883. The molecule has 0 saturated carbocycles. The van der Waals surface area contributed by atoms with Crippen LogP contribution in [0, 0.1) is 12.8 Å². The van der Waals surface area contributed by atoms with Gasteiger partial charge in [0, 0.05) is 12.2 Å². The number of allylic oxidation sites excluding steroid dienone is 1. The molecule has 0 aromatic heterocycles. The number of hydrogen-bond donors (Lipinski definition) is 1. The van der Waals surface area contributed by atoms with Gasteiger partial charge in [0.15, 0.2) is 0 Å². The van der Waals surface area contributed by atoms with Gasteiger partial charge in [-0.05, 0) is 37.2 Å². The summed E-state index contributed by atoms with van der Waals surface area (Å²) in [4.78, 5) is 0. The van der Waals surface area contributed by atoms with Crippen molar-refractivity contribution in [3.05, 3.63) is 18.2 Å². The second kappa shape index (κ2) is 2.88. The van der Waals surface area contributed by atoms with E-state index in [2.05, 4.69) is 12.2 Å². The molecule has 0 aromatic carbocycles. The van der Waals surface area contributed by atoms with Crippen LogP contribution in [0.25, 0.3) is 0 Å². The minimum Gasteiger partial charge on any atom is -0.388 e. The van der Waals surface area contributed by atoms with Gasteiger partial charge in [0.25, 0.3) is 0 Å². The van der Waals surface area contributed by atoms with E-state index >= 15 is 0 Å². The first-order valence-corrected chi connectivity index (χ1v) is 4.64. The number of nitrogens with one attached hydrogen (secondary N) is 1. The fraction of sp³-hybridized carbons (Fsp3) is 0.700. The molecule has 1 radical (unpaired) electrons. The summed E-state index contributed by atoms with van der Waals surface area (Å²) in [6, 6.07) is 0. The van der Waals surface area contributed by atoms with Crippen LogP contribution in [0.1, 0.15) is 32.1 Å². The molecule has 1 atom stereocenters. The highest BCUT2D eigenvalue weighted by atomic mass is 14.9. The van der Waals surface area contributed by atoms with Crippen LogP contribution in [0.4, 0.5) is 0 Å². The maximum absolute atomic E-state index is 3.98. The molecule has 1 N–H and O–H groups in total. The quantitative estimate of drug-likeness (QED) is 0.604. The lowest BCUT2D eigenvalue weighted by molar-refractivity contribution is 0.455. The lowest BCUT2D eigenvalue weighted by atomic mass is 9.85. The highest BCUT2D eigenvalue weighted by Gasteiger charge is 2.22. The van der Waals surface area contributed by atoms with Crippen LogP contribution >= 0.6 is 0 Å². The molecular weight excluding hydrogens is 134 g/mol. The van der Waals surface area contributed by atoms with Gasteiger partial charge in [0.1, 0.15) is 0 Å². The van der Waals surface area contributed by atoms with E-state index in [9.17, 15) is 0 Å². The Morgan fingerprint density at radius 2 is 2.36 bits per heavy atom. The topological polar surface area (TPSA) is 12.0 Å². The van der Waals surface area contributed by atoms with Gasteiger partial charge >= 0.3 is 0 Å². The smallest absolute Gasteiger partial charge is 0.0181 e. The van der Waals surface area contributed by atoms with Gasteiger partial charge < -0.3 is 5.32 Å². The highest BCUT2D eigenvalue weighted by Crippen LogP contribution is 2.33. The SMILES string of the molecule is [CH2]CC1CCC2=C(CCN2)C1. The summed E-state index contributed by atoms with van der Waals surface area (Å²) >= 11 is 0. The van der Waals surface area contributed by atoms with E-state index in [1.54, 1.807) is 11.3 Å². The Morgan fingerprint density at radius 3 is 3.18 bits per heavy atom. The van der Waals surface area contributed by atoms with E-state index in [1.807, 2.05) is 0 Å². The summed E-state index contributed by atoms with van der Waals surface area (Å²) in [5, 5.41) is 3.46. The number of hydrogen-bond acceptors (Lipinski definition) is 1. The van der Waals surface area contributed by atoms with E-state index in [0.717, 1.165) is 12.3 Å². The van der Waals surface area contributed by atoms with E-state index in [4.69, 9.17) is 0 Å². The molecule has 2 aliphatic rings. The van der Waals surface area contributed by atoms with E-state index in [-0.39, 0.29) is 0 Å². The second-order valence-corrected chi connectivity index (χ2v) is 3.66. The molecule has 11 heavy (non-hydrogen) atoms. The van der Waals surface area contributed by atoms with Gasteiger partial charge in [-0.3, -0.25) is 0 Å². The van der Waals surface area contributed by atoms with Crippen molar-refractivity contribution in [3.63, 3.8) is 0 Å². The molecule has 0 spiro atoms. The first kappa shape index (κ1) is 7.20. The zero-order valence-corrected chi connectivity index (χ0v) is 7.03. The molecule has 61 valence electrons. The van der Waals surface area contributed by atoms with Crippen LogP contribution in [-0.4, -0.2) is 6.54 Å². The largest absolute Gasteiger partial charge is 0.388 e. The van der Waals surface area contributed by atoms with E-state index in [1.165, 1.54) is 32.2 Å². The van der Waals surface area contributed by atoms with Crippen molar-refractivity contribution < 1.29 is 0 Å². The Kier molecular flexibility index (Phi) is 1.89. The van der Waals surface area contributed by atoms with Crippen molar-refractivity contribution in [2.75, 3.05) is 6.54 Å². The molecule has 0 saturated heterocycles. The average Bonchev–Trinajstić information content (AvgIpc) is 2.50. The standard InChI is InChI=1S/C10H16N/c1-2-8-3-4-10-9(7-8)5-6-11-10/h8,11H,1-7H2. The molecule has 0 amide bonds. The van der Waals surface area contributed by atoms with Crippen LogP contribution in [0.3, 0.4) is 0 Å². The molecule has 1 heterocycles. The highest BCUT2D eigenvalue weighted by molar-refractivity contribution is 5.21. The summed E-state index contributed by atoms with van der Waals surface area (Å²) in [7, 11) is 0. The zero-order chi connectivity index (χ0) is 7.68. The molecule has 1 aliphatic heterocycles. The molecule has 2 rings (SSSR count).